The highest BCUT2D eigenvalue weighted by Gasteiger charge is 2.00. The second-order valence-corrected chi connectivity index (χ2v) is 4.83. The summed E-state index contributed by atoms with van der Waals surface area (Å²) >= 11 is 0. The largest absolute Gasteiger partial charge is 0.338 e. The van der Waals surface area contributed by atoms with Crippen LogP contribution in [0.15, 0.2) is 54.6 Å². The van der Waals surface area contributed by atoms with Crippen LogP contribution in [0, 0.1) is 6.92 Å². The Hall–Kier alpha value is -2.29. The first-order chi connectivity index (χ1) is 9.74. The molecule has 0 radical (unpaired) electrons. The van der Waals surface area contributed by atoms with E-state index in [4.69, 9.17) is 0 Å². The molecule has 0 aliphatic rings. The summed E-state index contributed by atoms with van der Waals surface area (Å²) in [5, 5.41) is 5.72. The van der Waals surface area contributed by atoms with E-state index in [1.165, 1.54) is 11.1 Å². The van der Waals surface area contributed by atoms with Crippen molar-refractivity contribution in [1.82, 2.24) is 10.6 Å². The Morgan fingerprint density at radius 1 is 0.950 bits per heavy atom. The zero-order valence-corrected chi connectivity index (χ0v) is 11.7. The van der Waals surface area contributed by atoms with E-state index in [9.17, 15) is 4.79 Å². The molecule has 0 saturated heterocycles. The minimum Gasteiger partial charge on any atom is -0.338 e. The number of rotatable bonds is 5. The molecule has 2 amide bonds. The molecule has 0 aliphatic heterocycles. The van der Waals surface area contributed by atoms with Gasteiger partial charge in [-0.3, -0.25) is 0 Å². The average molecular weight is 268 g/mol. The molecule has 20 heavy (non-hydrogen) atoms. The van der Waals surface area contributed by atoms with Crippen molar-refractivity contribution in [2.75, 3.05) is 6.54 Å². The summed E-state index contributed by atoms with van der Waals surface area (Å²) in [4.78, 5) is 11.7. The van der Waals surface area contributed by atoms with Gasteiger partial charge in [-0.1, -0.05) is 60.2 Å². The van der Waals surface area contributed by atoms with Crippen LogP contribution in [-0.2, 0) is 13.0 Å². The summed E-state index contributed by atoms with van der Waals surface area (Å²) in [7, 11) is 0. The molecule has 0 bridgehead atoms. The standard InChI is InChI=1S/C17H20N2O/c1-14-6-5-9-15(12-14)10-11-18-17(20)19-13-16-7-3-2-4-8-16/h2-9,12H,10-11,13H2,1H3,(H2,18,19,20). The number of benzene rings is 2. The number of hydrogen-bond acceptors (Lipinski definition) is 1. The number of hydrogen-bond donors (Lipinski definition) is 2. The Kier molecular flexibility index (Phi) is 5.18. The van der Waals surface area contributed by atoms with Gasteiger partial charge in [-0.2, -0.15) is 0 Å². The predicted molar refractivity (Wildman–Crippen MR) is 81.6 cm³/mol. The summed E-state index contributed by atoms with van der Waals surface area (Å²) in [6, 6.07) is 18.1. The highest BCUT2D eigenvalue weighted by atomic mass is 16.2. The molecule has 104 valence electrons. The fourth-order valence-electron chi connectivity index (χ4n) is 2.03. The van der Waals surface area contributed by atoms with Crippen LogP contribution in [0.1, 0.15) is 16.7 Å². The second-order valence-electron chi connectivity index (χ2n) is 4.83. The smallest absolute Gasteiger partial charge is 0.315 e. The zero-order valence-electron chi connectivity index (χ0n) is 11.7. The summed E-state index contributed by atoms with van der Waals surface area (Å²) < 4.78 is 0. The van der Waals surface area contributed by atoms with E-state index >= 15 is 0 Å². The quantitative estimate of drug-likeness (QED) is 0.860. The Labute approximate surface area is 120 Å². The Morgan fingerprint density at radius 3 is 2.45 bits per heavy atom. The molecule has 2 N–H and O–H groups in total. The third kappa shape index (κ3) is 4.76. The van der Waals surface area contributed by atoms with Crippen molar-refractivity contribution < 1.29 is 4.79 Å². The van der Waals surface area contributed by atoms with Gasteiger partial charge in [0, 0.05) is 13.1 Å². The monoisotopic (exact) mass is 268 g/mol. The molecule has 2 aromatic carbocycles. The molecule has 0 spiro atoms. The van der Waals surface area contributed by atoms with Crippen LogP contribution in [0.4, 0.5) is 4.79 Å². The van der Waals surface area contributed by atoms with E-state index in [0.29, 0.717) is 13.1 Å². The fraction of sp³-hybridized carbons (Fsp3) is 0.235. The highest BCUT2D eigenvalue weighted by Crippen LogP contribution is 2.03. The van der Waals surface area contributed by atoms with E-state index in [0.717, 1.165) is 12.0 Å². The number of aryl methyl sites for hydroxylation is 1. The van der Waals surface area contributed by atoms with Crippen molar-refractivity contribution in [1.29, 1.82) is 0 Å². The maximum atomic E-state index is 11.7. The number of nitrogens with one attached hydrogen (secondary N) is 2. The van der Waals surface area contributed by atoms with E-state index in [1.807, 2.05) is 36.4 Å². The normalized spacial score (nSPS) is 10.1. The molecule has 0 unspecified atom stereocenters. The molecule has 0 aliphatic carbocycles. The maximum Gasteiger partial charge on any atom is 0.315 e. The van der Waals surface area contributed by atoms with E-state index in [-0.39, 0.29) is 6.03 Å². The van der Waals surface area contributed by atoms with Crippen LogP contribution < -0.4 is 10.6 Å². The van der Waals surface area contributed by atoms with E-state index in [2.05, 4.69) is 35.8 Å². The lowest BCUT2D eigenvalue weighted by atomic mass is 10.1. The van der Waals surface area contributed by atoms with Crippen LogP contribution in [0.2, 0.25) is 0 Å². The van der Waals surface area contributed by atoms with E-state index < -0.39 is 0 Å². The highest BCUT2D eigenvalue weighted by molar-refractivity contribution is 5.73. The van der Waals surface area contributed by atoms with Gasteiger partial charge in [0.25, 0.3) is 0 Å². The van der Waals surface area contributed by atoms with Crippen LogP contribution in [0.25, 0.3) is 0 Å². The number of carbonyl (C=O) groups is 1. The van der Waals surface area contributed by atoms with Crippen LogP contribution in [-0.4, -0.2) is 12.6 Å². The van der Waals surface area contributed by atoms with Gasteiger partial charge >= 0.3 is 6.03 Å². The average Bonchev–Trinajstić information content (AvgIpc) is 2.46. The first kappa shape index (κ1) is 14.1. The molecule has 3 nitrogen and oxygen atoms in total. The first-order valence-corrected chi connectivity index (χ1v) is 6.85. The molecule has 0 atom stereocenters. The molecule has 0 fully saturated rings. The summed E-state index contributed by atoms with van der Waals surface area (Å²) in [5.41, 5.74) is 3.59. The number of carbonyl (C=O) groups excluding carboxylic acids is 1. The molecule has 3 heteroatoms. The summed E-state index contributed by atoms with van der Waals surface area (Å²) in [5.74, 6) is 0. The molecular formula is C17H20N2O. The lowest BCUT2D eigenvalue weighted by Gasteiger charge is -2.08. The summed E-state index contributed by atoms with van der Waals surface area (Å²) in [6.07, 6.45) is 0.848. The van der Waals surface area contributed by atoms with Gasteiger partial charge in [-0.15, -0.1) is 0 Å². The third-order valence-electron chi connectivity index (χ3n) is 3.08. The third-order valence-corrected chi connectivity index (χ3v) is 3.08. The second kappa shape index (κ2) is 7.34. The number of amides is 2. The Morgan fingerprint density at radius 2 is 1.70 bits per heavy atom. The lowest BCUT2D eigenvalue weighted by Crippen LogP contribution is -2.36. The molecule has 2 aromatic rings. The molecule has 0 aromatic heterocycles. The van der Waals surface area contributed by atoms with Crippen molar-refractivity contribution in [3.05, 3.63) is 71.3 Å². The van der Waals surface area contributed by atoms with Gasteiger partial charge < -0.3 is 10.6 Å². The Bertz CT molecular complexity index is 552. The van der Waals surface area contributed by atoms with Crippen molar-refractivity contribution in [3.63, 3.8) is 0 Å². The van der Waals surface area contributed by atoms with Crippen LogP contribution in [0.5, 0.6) is 0 Å². The first-order valence-electron chi connectivity index (χ1n) is 6.85. The minimum atomic E-state index is -0.124. The van der Waals surface area contributed by atoms with Crippen LogP contribution in [0.3, 0.4) is 0 Å². The molecule has 0 heterocycles. The van der Waals surface area contributed by atoms with Gasteiger partial charge in [0.15, 0.2) is 0 Å². The lowest BCUT2D eigenvalue weighted by molar-refractivity contribution is 0.240. The molecule has 0 saturated carbocycles. The Balaban J connectivity index is 1.68. The van der Waals surface area contributed by atoms with Gasteiger partial charge in [-0.05, 0) is 24.5 Å². The van der Waals surface area contributed by atoms with Gasteiger partial charge in [0.1, 0.15) is 0 Å². The van der Waals surface area contributed by atoms with Gasteiger partial charge in [0.2, 0.25) is 0 Å². The van der Waals surface area contributed by atoms with Crippen LogP contribution >= 0.6 is 0 Å². The minimum absolute atomic E-state index is 0.124. The molecule has 2 rings (SSSR count). The van der Waals surface area contributed by atoms with E-state index in [1.54, 1.807) is 0 Å². The maximum absolute atomic E-state index is 11.7. The topological polar surface area (TPSA) is 41.1 Å². The van der Waals surface area contributed by atoms with Crippen molar-refractivity contribution in [2.45, 2.75) is 19.9 Å². The SMILES string of the molecule is Cc1cccc(CCNC(=O)NCc2ccccc2)c1. The molecular weight excluding hydrogens is 248 g/mol. The van der Waals surface area contributed by atoms with Gasteiger partial charge in [0.05, 0.1) is 0 Å². The summed E-state index contributed by atoms with van der Waals surface area (Å²) in [6.45, 7) is 3.27. The van der Waals surface area contributed by atoms with Crippen molar-refractivity contribution in [3.8, 4) is 0 Å². The fourth-order valence-corrected chi connectivity index (χ4v) is 2.03. The van der Waals surface area contributed by atoms with Crippen molar-refractivity contribution >= 4 is 6.03 Å². The predicted octanol–water partition coefficient (Wildman–Crippen LogP) is 3.04. The zero-order chi connectivity index (χ0) is 14.2. The van der Waals surface area contributed by atoms with Crippen molar-refractivity contribution in [2.24, 2.45) is 0 Å². The number of urea groups is 1. The van der Waals surface area contributed by atoms with Gasteiger partial charge in [-0.25, -0.2) is 4.79 Å².